The largest absolute Gasteiger partial charge is 0.299 e. The van der Waals surface area contributed by atoms with Crippen molar-refractivity contribution in [2.75, 3.05) is 0 Å². The SMILES string of the molecule is CCCCCCCCCCCC(=O)CC(=O)c1cccc(C)c1C. The maximum Gasteiger partial charge on any atom is 0.170 e. The minimum Gasteiger partial charge on any atom is -0.299 e. The van der Waals surface area contributed by atoms with Gasteiger partial charge in [0.15, 0.2) is 5.78 Å². The first-order valence-electron chi connectivity index (χ1n) is 9.67. The van der Waals surface area contributed by atoms with Crippen LogP contribution in [0.5, 0.6) is 0 Å². The van der Waals surface area contributed by atoms with Crippen molar-refractivity contribution in [3.8, 4) is 0 Å². The molecule has 1 aromatic carbocycles. The molecule has 0 spiro atoms. The van der Waals surface area contributed by atoms with Crippen LogP contribution in [0.1, 0.15) is 99.0 Å². The molecule has 0 atom stereocenters. The maximum absolute atomic E-state index is 12.3. The molecule has 0 saturated heterocycles. The second kappa shape index (κ2) is 12.0. The first kappa shape index (κ1) is 20.6. The van der Waals surface area contributed by atoms with Crippen LogP contribution in [0.4, 0.5) is 0 Å². The number of Topliss-reactive ketones (excluding diaryl/α,β-unsaturated/α-hetero) is 2. The van der Waals surface area contributed by atoms with Gasteiger partial charge in [0.2, 0.25) is 0 Å². The summed E-state index contributed by atoms with van der Waals surface area (Å²) in [6, 6.07) is 5.72. The minimum absolute atomic E-state index is 0.0304. The summed E-state index contributed by atoms with van der Waals surface area (Å²) in [6.45, 7) is 6.19. The van der Waals surface area contributed by atoms with Gasteiger partial charge in [-0.1, -0.05) is 76.5 Å². The summed E-state index contributed by atoms with van der Waals surface area (Å²) >= 11 is 0. The average Bonchev–Trinajstić information content (AvgIpc) is 2.55. The highest BCUT2D eigenvalue weighted by molar-refractivity contribution is 6.08. The zero-order valence-corrected chi connectivity index (χ0v) is 15.8. The van der Waals surface area contributed by atoms with Gasteiger partial charge in [-0.15, -0.1) is 0 Å². The van der Waals surface area contributed by atoms with Gasteiger partial charge in [0.25, 0.3) is 0 Å². The third-order valence-corrected chi connectivity index (χ3v) is 4.82. The van der Waals surface area contributed by atoms with E-state index < -0.39 is 0 Å². The van der Waals surface area contributed by atoms with E-state index in [2.05, 4.69) is 6.92 Å². The van der Waals surface area contributed by atoms with Crippen LogP contribution in [0.25, 0.3) is 0 Å². The molecule has 24 heavy (non-hydrogen) atoms. The van der Waals surface area contributed by atoms with Crippen LogP contribution < -0.4 is 0 Å². The summed E-state index contributed by atoms with van der Waals surface area (Å²) < 4.78 is 0. The topological polar surface area (TPSA) is 34.1 Å². The van der Waals surface area contributed by atoms with Gasteiger partial charge >= 0.3 is 0 Å². The van der Waals surface area contributed by atoms with E-state index >= 15 is 0 Å². The molecule has 1 rings (SSSR count). The van der Waals surface area contributed by atoms with Crippen molar-refractivity contribution in [2.45, 2.75) is 91.4 Å². The number of rotatable bonds is 13. The van der Waals surface area contributed by atoms with E-state index in [1.54, 1.807) is 0 Å². The fourth-order valence-electron chi connectivity index (χ4n) is 3.05. The fraction of sp³-hybridized carbons (Fsp3) is 0.636. The lowest BCUT2D eigenvalue weighted by atomic mass is 9.96. The molecule has 0 fully saturated rings. The normalized spacial score (nSPS) is 10.8. The summed E-state index contributed by atoms with van der Waals surface area (Å²) in [4.78, 5) is 24.3. The van der Waals surface area contributed by atoms with Gasteiger partial charge in [0, 0.05) is 12.0 Å². The Morgan fingerprint density at radius 2 is 1.42 bits per heavy atom. The van der Waals surface area contributed by atoms with Crippen molar-refractivity contribution in [3.05, 3.63) is 34.9 Å². The van der Waals surface area contributed by atoms with Gasteiger partial charge < -0.3 is 0 Å². The first-order valence-corrected chi connectivity index (χ1v) is 9.67. The monoisotopic (exact) mass is 330 g/mol. The number of hydrogen-bond acceptors (Lipinski definition) is 2. The molecule has 2 heteroatoms. The Kier molecular flexibility index (Phi) is 10.3. The highest BCUT2D eigenvalue weighted by Gasteiger charge is 2.14. The van der Waals surface area contributed by atoms with Crippen molar-refractivity contribution in [3.63, 3.8) is 0 Å². The number of hydrogen-bond donors (Lipinski definition) is 0. The third kappa shape index (κ3) is 7.90. The van der Waals surface area contributed by atoms with E-state index in [-0.39, 0.29) is 18.0 Å². The van der Waals surface area contributed by atoms with Gasteiger partial charge in [-0.3, -0.25) is 9.59 Å². The van der Waals surface area contributed by atoms with Crippen LogP contribution >= 0.6 is 0 Å². The lowest BCUT2D eigenvalue weighted by Crippen LogP contribution is -2.10. The van der Waals surface area contributed by atoms with Gasteiger partial charge in [-0.05, 0) is 31.4 Å². The van der Waals surface area contributed by atoms with Gasteiger partial charge in [0.05, 0.1) is 6.42 Å². The number of ketones is 2. The molecule has 1 aromatic rings. The summed E-state index contributed by atoms with van der Waals surface area (Å²) in [5.74, 6) is 0.0565. The molecule has 0 aliphatic carbocycles. The van der Waals surface area contributed by atoms with E-state index in [0.717, 1.165) is 24.0 Å². The van der Waals surface area contributed by atoms with Crippen LogP contribution in [0, 0.1) is 13.8 Å². The Balaban J connectivity index is 2.16. The maximum atomic E-state index is 12.3. The van der Waals surface area contributed by atoms with Crippen molar-refractivity contribution >= 4 is 11.6 Å². The summed E-state index contributed by atoms with van der Waals surface area (Å²) in [6.07, 6.45) is 11.8. The van der Waals surface area contributed by atoms with Crippen LogP contribution in [0.2, 0.25) is 0 Å². The van der Waals surface area contributed by atoms with Crippen LogP contribution in [0.15, 0.2) is 18.2 Å². The molecule has 0 bridgehead atoms. The molecule has 0 aromatic heterocycles. The highest BCUT2D eigenvalue weighted by atomic mass is 16.1. The smallest absolute Gasteiger partial charge is 0.170 e. The van der Waals surface area contributed by atoms with E-state index in [4.69, 9.17) is 0 Å². The van der Waals surface area contributed by atoms with Gasteiger partial charge in [-0.25, -0.2) is 0 Å². The predicted octanol–water partition coefficient (Wildman–Crippen LogP) is 6.37. The van der Waals surface area contributed by atoms with E-state index in [0.29, 0.717) is 12.0 Å². The first-order chi connectivity index (χ1) is 11.6. The molecule has 0 aliphatic rings. The third-order valence-electron chi connectivity index (χ3n) is 4.82. The Bertz CT molecular complexity index is 517. The Morgan fingerprint density at radius 3 is 2.04 bits per heavy atom. The zero-order chi connectivity index (χ0) is 17.8. The van der Waals surface area contributed by atoms with Crippen molar-refractivity contribution in [2.24, 2.45) is 0 Å². The number of carbonyl (C=O) groups is 2. The van der Waals surface area contributed by atoms with Crippen LogP contribution in [-0.4, -0.2) is 11.6 Å². The Labute approximate surface area is 148 Å². The van der Waals surface area contributed by atoms with Crippen molar-refractivity contribution in [1.29, 1.82) is 0 Å². The molecule has 0 N–H and O–H groups in total. The molecule has 0 amide bonds. The minimum atomic E-state index is -0.0304. The zero-order valence-electron chi connectivity index (χ0n) is 15.8. The molecular weight excluding hydrogens is 296 g/mol. The predicted molar refractivity (Wildman–Crippen MR) is 102 cm³/mol. The standard InChI is InChI=1S/C22H34O2/c1-4-5-6-7-8-9-10-11-12-15-20(23)17-22(24)21-16-13-14-18(2)19(21)3/h13-14,16H,4-12,15,17H2,1-3H3. The second-order valence-corrected chi connectivity index (χ2v) is 6.96. The second-order valence-electron chi connectivity index (χ2n) is 6.96. The molecule has 0 aliphatic heterocycles. The van der Waals surface area contributed by atoms with Gasteiger partial charge in [0.1, 0.15) is 5.78 Å². The summed E-state index contributed by atoms with van der Waals surface area (Å²) in [5, 5.41) is 0. The van der Waals surface area contributed by atoms with Crippen molar-refractivity contribution in [1.82, 2.24) is 0 Å². The molecule has 2 nitrogen and oxygen atoms in total. The average molecular weight is 331 g/mol. The molecule has 0 unspecified atom stereocenters. The number of carbonyl (C=O) groups excluding carboxylic acids is 2. The highest BCUT2D eigenvalue weighted by Crippen LogP contribution is 2.16. The quantitative estimate of drug-likeness (QED) is 0.239. The Morgan fingerprint density at radius 1 is 0.833 bits per heavy atom. The lowest BCUT2D eigenvalue weighted by Gasteiger charge is -2.07. The van der Waals surface area contributed by atoms with Crippen LogP contribution in [-0.2, 0) is 4.79 Å². The number of benzene rings is 1. The van der Waals surface area contributed by atoms with E-state index in [9.17, 15) is 9.59 Å². The van der Waals surface area contributed by atoms with E-state index in [1.165, 1.54) is 44.9 Å². The molecule has 0 radical (unpaired) electrons. The number of unbranched alkanes of at least 4 members (excludes halogenated alkanes) is 8. The summed E-state index contributed by atoms with van der Waals surface area (Å²) in [7, 11) is 0. The van der Waals surface area contributed by atoms with Crippen LogP contribution in [0.3, 0.4) is 0 Å². The fourth-order valence-corrected chi connectivity index (χ4v) is 3.05. The number of aryl methyl sites for hydroxylation is 1. The lowest BCUT2D eigenvalue weighted by molar-refractivity contribution is -0.118. The molecule has 134 valence electrons. The molecule has 0 saturated carbocycles. The van der Waals surface area contributed by atoms with Gasteiger partial charge in [-0.2, -0.15) is 0 Å². The summed E-state index contributed by atoms with van der Waals surface area (Å²) in [5.41, 5.74) is 2.81. The molecular formula is C22H34O2. The Hall–Kier alpha value is -1.44. The molecule has 0 heterocycles. The van der Waals surface area contributed by atoms with Crippen molar-refractivity contribution < 1.29 is 9.59 Å². The van der Waals surface area contributed by atoms with E-state index in [1.807, 2.05) is 32.0 Å².